The molecule has 0 N–H and O–H groups in total. The minimum Gasteiger partial charge on any atom is -0.311 e. The predicted molar refractivity (Wildman–Crippen MR) is 335 cm³/mol. The molecule has 0 saturated heterocycles. The zero-order valence-electron chi connectivity index (χ0n) is 44.8. The van der Waals surface area contributed by atoms with Crippen LogP contribution in [0.25, 0.3) is 103 Å². The van der Waals surface area contributed by atoms with Gasteiger partial charge in [0.2, 0.25) is 0 Å². The fourth-order valence-electron chi connectivity index (χ4n) is 13.0. The fourth-order valence-corrected chi connectivity index (χ4v) is 13.0. The number of nitriles is 1. The van der Waals surface area contributed by atoms with E-state index < -0.39 is 0 Å². The predicted octanol–water partition coefficient (Wildman–Crippen LogP) is 20.9. The molecule has 80 heavy (non-hydrogen) atoms. The zero-order chi connectivity index (χ0) is 53.9. The van der Waals surface area contributed by atoms with Crippen molar-refractivity contribution in [2.24, 2.45) is 0 Å². The van der Waals surface area contributed by atoms with Gasteiger partial charge in [-0.25, -0.2) is 4.85 Å². The molecule has 0 unspecified atom stereocenters. The number of anilines is 6. The first-order chi connectivity index (χ1) is 39.3. The van der Waals surface area contributed by atoms with Crippen LogP contribution in [0.1, 0.15) is 56.2 Å². The zero-order valence-corrected chi connectivity index (χ0v) is 44.8. The van der Waals surface area contributed by atoms with Crippen molar-refractivity contribution in [3.63, 3.8) is 0 Å². The average molecular weight is 1030 g/mol. The van der Waals surface area contributed by atoms with E-state index in [1.165, 1.54) is 87.4 Å². The van der Waals surface area contributed by atoms with E-state index in [1.807, 2.05) is 24.3 Å². The maximum atomic E-state index is 9.79. The van der Waals surface area contributed by atoms with Crippen LogP contribution >= 0.6 is 0 Å². The van der Waals surface area contributed by atoms with Gasteiger partial charge in [0.05, 0.1) is 51.3 Å². The summed E-state index contributed by atoms with van der Waals surface area (Å²) in [7, 11) is 0. The Balaban J connectivity index is 1.04. The summed E-state index contributed by atoms with van der Waals surface area (Å²) in [6.45, 7) is 16.6. The number of nitrogens with zero attached hydrogens (tertiary/aromatic N) is 6. The third-order valence-electron chi connectivity index (χ3n) is 16.7. The Hall–Kier alpha value is -10.4. The van der Waals surface area contributed by atoms with Crippen molar-refractivity contribution in [3.05, 3.63) is 259 Å². The van der Waals surface area contributed by atoms with Gasteiger partial charge in [-0.3, -0.25) is 0 Å². The lowest BCUT2D eigenvalue weighted by molar-refractivity contribution is 0.866. The molecule has 0 fully saturated rings. The van der Waals surface area contributed by atoms with Crippen LogP contribution < -0.4 is 9.80 Å². The number of rotatable bonds is 10. The van der Waals surface area contributed by atoms with Crippen molar-refractivity contribution in [1.29, 1.82) is 5.26 Å². The van der Waals surface area contributed by atoms with Gasteiger partial charge in [0.1, 0.15) is 0 Å². The first kappa shape index (κ1) is 46.9. The molecule has 4 aromatic heterocycles. The first-order valence-corrected chi connectivity index (χ1v) is 27.6. The highest BCUT2D eigenvalue weighted by Crippen LogP contribution is 2.55. The Morgan fingerprint density at radius 2 is 0.762 bits per heavy atom. The SMILES string of the molecule is [C-]#[N+]c1ccc(N(c2ccc(C(C)C)cc2)c2ccc3c(c2)c2cccc4c5c(-c6ccccc6)c6c(c(-c7ccccc7)c5n3c24)c2cccc3c4cc(N(c5ccc(C#N)cc5)c5ccc(C(C)C)cc5)ccc4n6c32)cc1. The molecular weight excluding hydrogens is 973 g/mol. The van der Waals surface area contributed by atoms with Crippen LogP contribution in [0.3, 0.4) is 0 Å². The minimum atomic E-state index is 0.408. The van der Waals surface area contributed by atoms with Crippen LogP contribution in [0.15, 0.2) is 231 Å². The van der Waals surface area contributed by atoms with E-state index in [2.05, 4.69) is 263 Å². The number of benzene rings is 11. The molecule has 0 amide bonds. The molecule has 0 radical (unpaired) electrons. The summed E-state index contributed by atoms with van der Waals surface area (Å²) < 4.78 is 5.15. The number of hydrogen-bond acceptors (Lipinski definition) is 3. The lowest BCUT2D eigenvalue weighted by Crippen LogP contribution is -2.10. The molecule has 0 saturated carbocycles. The van der Waals surface area contributed by atoms with Crippen LogP contribution in [0, 0.1) is 17.9 Å². The van der Waals surface area contributed by atoms with Gasteiger partial charge in [-0.2, -0.15) is 5.26 Å². The largest absolute Gasteiger partial charge is 0.311 e. The van der Waals surface area contributed by atoms with Crippen molar-refractivity contribution in [1.82, 2.24) is 8.80 Å². The van der Waals surface area contributed by atoms with Gasteiger partial charge in [0, 0.05) is 88.3 Å². The van der Waals surface area contributed by atoms with Crippen LogP contribution in [-0.4, -0.2) is 8.80 Å². The van der Waals surface area contributed by atoms with Gasteiger partial charge >= 0.3 is 0 Å². The van der Waals surface area contributed by atoms with E-state index in [0.29, 0.717) is 23.1 Å². The Labute approximate surface area is 463 Å². The molecule has 0 aliphatic carbocycles. The Kier molecular flexibility index (Phi) is 10.6. The fraction of sp³-hybridized carbons (Fsp3) is 0.0811. The van der Waals surface area contributed by atoms with Crippen molar-refractivity contribution in [2.45, 2.75) is 39.5 Å². The summed E-state index contributed by atoms with van der Waals surface area (Å²) in [5.41, 5.74) is 21.8. The molecule has 0 aliphatic heterocycles. The van der Waals surface area contributed by atoms with Crippen LogP contribution in [0.5, 0.6) is 0 Å². The second-order valence-corrected chi connectivity index (χ2v) is 21.9. The maximum Gasteiger partial charge on any atom is 0.187 e. The van der Waals surface area contributed by atoms with Gasteiger partial charge in [-0.05, 0) is 131 Å². The van der Waals surface area contributed by atoms with Crippen LogP contribution in [-0.2, 0) is 0 Å². The van der Waals surface area contributed by atoms with Gasteiger partial charge in [0.15, 0.2) is 5.69 Å². The summed E-state index contributed by atoms with van der Waals surface area (Å²) in [5, 5.41) is 19.4. The van der Waals surface area contributed by atoms with Gasteiger partial charge in [-0.1, -0.05) is 161 Å². The second kappa shape index (κ2) is 18.1. The van der Waals surface area contributed by atoms with Crippen LogP contribution in [0.4, 0.5) is 39.8 Å². The number of aromatic nitrogens is 2. The van der Waals surface area contributed by atoms with Crippen molar-refractivity contribution >= 4 is 116 Å². The summed E-state index contributed by atoms with van der Waals surface area (Å²) >= 11 is 0. The smallest absolute Gasteiger partial charge is 0.187 e. The quantitative estimate of drug-likeness (QED) is 0.128. The summed E-state index contributed by atoms with van der Waals surface area (Å²) in [6.07, 6.45) is 0. The van der Waals surface area contributed by atoms with Gasteiger partial charge < -0.3 is 18.6 Å². The number of para-hydroxylation sites is 2. The molecule has 6 heteroatoms. The van der Waals surface area contributed by atoms with E-state index in [0.717, 1.165) is 56.3 Å². The maximum absolute atomic E-state index is 9.79. The molecule has 6 nitrogen and oxygen atoms in total. The summed E-state index contributed by atoms with van der Waals surface area (Å²) in [4.78, 5) is 8.35. The highest BCUT2D eigenvalue weighted by molar-refractivity contribution is 6.38. The third kappa shape index (κ3) is 6.96. The molecule has 0 spiro atoms. The van der Waals surface area contributed by atoms with Crippen LogP contribution in [0.2, 0.25) is 0 Å². The highest BCUT2D eigenvalue weighted by atomic mass is 15.1. The Bertz CT molecular complexity index is 4660. The molecule has 378 valence electrons. The van der Waals surface area contributed by atoms with E-state index in [1.54, 1.807) is 0 Å². The topological polar surface area (TPSA) is 43.5 Å². The molecule has 0 atom stereocenters. The van der Waals surface area contributed by atoms with E-state index in [-0.39, 0.29) is 0 Å². The summed E-state index contributed by atoms with van der Waals surface area (Å²) in [5.74, 6) is 0.818. The third-order valence-corrected chi connectivity index (χ3v) is 16.7. The Morgan fingerprint density at radius 3 is 1.15 bits per heavy atom. The lowest BCUT2D eigenvalue weighted by Gasteiger charge is -2.26. The molecule has 0 aliphatic rings. The minimum absolute atomic E-state index is 0.408. The normalized spacial score (nSPS) is 11.9. The number of hydrogen-bond donors (Lipinski definition) is 0. The molecule has 0 bridgehead atoms. The molecular formula is C74H52N6. The van der Waals surface area contributed by atoms with Gasteiger partial charge in [0.25, 0.3) is 0 Å². The molecule has 4 heterocycles. The second-order valence-electron chi connectivity index (χ2n) is 21.9. The van der Waals surface area contributed by atoms with E-state index >= 15 is 0 Å². The number of fused-ring (bicyclic) bond motifs is 12. The lowest BCUT2D eigenvalue weighted by atomic mass is 9.89. The highest BCUT2D eigenvalue weighted by Gasteiger charge is 2.31. The standard InChI is InChI=1S/C74H52N6/c1-45(2)48-24-32-54(33-25-48)77(53-30-22-47(44-75)23-31-53)57-38-40-65-63(42-57)59-18-12-20-61-69-68(51-16-10-7-11-17-51)74-70(67(50-14-8-6-9-15-50)73(69)79(65)71(59)61)62-21-13-19-60-64-43-58(39-41-66(64)80(74)72(60)62)78(56-36-28-52(76-5)29-37-56)55-34-26-49(27-35-55)46(3)4/h6-43,45-46H,1-4H3. The summed E-state index contributed by atoms with van der Waals surface area (Å²) in [6, 6.07) is 85.7. The van der Waals surface area contributed by atoms with Crippen molar-refractivity contribution in [2.75, 3.05) is 9.80 Å². The Morgan fingerprint density at radius 1 is 0.388 bits per heavy atom. The average Bonchev–Trinajstić information content (AvgIpc) is 4.43. The van der Waals surface area contributed by atoms with Crippen molar-refractivity contribution < 1.29 is 0 Å². The molecule has 15 rings (SSSR count). The first-order valence-electron chi connectivity index (χ1n) is 27.6. The molecule has 15 aromatic rings. The van der Waals surface area contributed by atoms with E-state index in [9.17, 15) is 5.26 Å². The monoisotopic (exact) mass is 1020 g/mol. The van der Waals surface area contributed by atoms with Gasteiger partial charge in [-0.15, -0.1) is 0 Å². The molecule has 11 aromatic carbocycles. The van der Waals surface area contributed by atoms with Crippen molar-refractivity contribution in [3.8, 4) is 28.3 Å². The van der Waals surface area contributed by atoms with E-state index in [4.69, 9.17) is 6.57 Å².